The minimum Gasteiger partial charge on any atom is -0.496 e. The first-order chi connectivity index (χ1) is 9.06. The molecule has 1 aromatic carbocycles. The molecule has 0 aliphatic carbocycles. The topological polar surface area (TPSA) is 41.6 Å². The Balaban J connectivity index is 2.40. The van der Waals surface area contributed by atoms with Gasteiger partial charge in [0.2, 0.25) is 0 Å². The highest BCUT2D eigenvalue weighted by Gasteiger charge is 2.29. The van der Waals surface area contributed by atoms with E-state index < -0.39 is 0 Å². The van der Waals surface area contributed by atoms with Crippen LogP contribution in [0.2, 0.25) is 0 Å². The molecule has 0 spiro atoms. The van der Waals surface area contributed by atoms with Crippen molar-refractivity contribution in [1.82, 2.24) is 10.2 Å². The van der Waals surface area contributed by atoms with Gasteiger partial charge in [-0.05, 0) is 43.4 Å². The van der Waals surface area contributed by atoms with Gasteiger partial charge in [0.15, 0.2) is 5.11 Å². The second kappa shape index (κ2) is 5.71. The highest BCUT2D eigenvalue weighted by molar-refractivity contribution is 9.10. The molecule has 1 heterocycles. The van der Waals surface area contributed by atoms with E-state index in [1.807, 2.05) is 25.1 Å². The van der Waals surface area contributed by atoms with Crippen molar-refractivity contribution in [3.8, 4) is 5.75 Å². The Hall–Kier alpha value is -1.40. The van der Waals surface area contributed by atoms with E-state index in [4.69, 9.17) is 17.0 Å². The number of amides is 1. The Labute approximate surface area is 125 Å². The minimum atomic E-state index is -0.116. The summed E-state index contributed by atoms with van der Waals surface area (Å²) in [6.07, 6.45) is 1.74. The van der Waals surface area contributed by atoms with Crippen LogP contribution in [0.3, 0.4) is 0 Å². The quantitative estimate of drug-likeness (QED) is 0.678. The van der Waals surface area contributed by atoms with E-state index in [9.17, 15) is 4.79 Å². The van der Waals surface area contributed by atoms with E-state index >= 15 is 0 Å². The maximum atomic E-state index is 12.1. The molecule has 4 nitrogen and oxygen atoms in total. The van der Waals surface area contributed by atoms with Crippen LogP contribution in [0.15, 0.2) is 28.4 Å². The molecule has 1 aliphatic heterocycles. The molecule has 0 unspecified atom stereocenters. The fraction of sp³-hybridized carbons (Fsp3) is 0.231. The monoisotopic (exact) mass is 340 g/mol. The molecule has 1 aromatic rings. The molecule has 6 heteroatoms. The van der Waals surface area contributed by atoms with E-state index in [2.05, 4.69) is 21.2 Å². The van der Waals surface area contributed by atoms with Crippen LogP contribution in [0.1, 0.15) is 12.5 Å². The van der Waals surface area contributed by atoms with Crippen molar-refractivity contribution in [2.75, 3.05) is 13.7 Å². The molecule has 0 atom stereocenters. The van der Waals surface area contributed by atoms with Gasteiger partial charge in [-0.1, -0.05) is 15.9 Å². The van der Waals surface area contributed by atoms with Gasteiger partial charge in [0, 0.05) is 16.6 Å². The number of halogens is 1. The van der Waals surface area contributed by atoms with Gasteiger partial charge in [-0.3, -0.25) is 9.69 Å². The number of carbonyl (C=O) groups excluding carboxylic acids is 1. The minimum absolute atomic E-state index is 0.116. The van der Waals surface area contributed by atoms with Gasteiger partial charge in [-0.15, -0.1) is 0 Å². The van der Waals surface area contributed by atoms with Gasteiger partial charge in [0.25, 0.3) is 5.91 Å². The molecular formula is C13H13BrN2O2S. The SMILES string of the molecule is CCN1C(=O)/C(=C\c2cc(Br)ccc2OC)NC1=S. The number of hydrogen-bond acceptors (Lipinski definition) is 3. The summed E-state index contributed by atoms with van der Waals surface area (Å²) in [6.45, 7) is 2.44. The van der Waals surface area contributed by atoms with Crippen LogP contribution in [0.4, 0.5) is 0 Å². The van der Waals surface area contributed by atoms with E-state index in [0.717, 1.165) is 10.0 Å². The standard InChI is InChI=1S/C13H13BrN2O2S/c1-3-16-12(17)10(15-13(16)19)7-8-6-9(14)4-5-11(8)18-2/h4-7H,3H2,1-2H3,(H,15,19)/b10-7+. The number of thiocarbonyl (C=S) groups is 1. The Kier molecular flexibility index (Phi) is 4.21. The summed E-state index contributed by atoms with van der Waals surface area (Å²) >= 11 is 8.51. The molecule has 1 amide bonds. The van der Waals surface area contributed by atoms with E-state index in [1.165, 1.54) is 4.90 Å². The molecule has 0 aromatic heterocycles. The largest absolute Gasteiger partial charge is 0.496 e. The Morgan fingerprint density at radius 2 is 2.26 bits per heavy atom. The van der Waals surface area contributed by atoms with Crippen molar-refractivity contribution in [2.24, 2.45) is 0 Å². The van der Waals surface area contributed by atoms with Crippen molar-refractivity contribution in [2.45, 2.75) is 6.92 Å². The third kappa shape index (κ3) is 2.79. The lowest BCUT2D eigenvalue weighted by molar-refractivity contribution is -0.122. The summed E-state index contributed by atoms with van der Waals surface area (Å²) in [5.74, 6) is 0.584. The summed E-state index contributed by atoms with van der Waals surface area (Å²) in [5, 5.41) is 3.36. The molecule has 100 valence electrons. The number of nitrogens with one attached hydrogen (secondary N) is 1. The van der Waals surface area contributed by atoms with Crippen LogP contribution in [0, 0.1) is 0 Å². The number of carbonyl (C=O) groups is 1. The molecule has 1 aliphatic rings. The van der Waals surface area contributed by atoms with Crippen LogP contribution >= 0.6 is 28.1 Å². The number of nitrogens with zero attached hydrogens (tertiary/aromatic N) is 1. The highest BCUT2D eigenvalue weighted by atomic mass is 79.9. The zero-order valence-corrected chi connectivity index (χ0v) is 13.0. The molecular weight excluding hydrogens is 328 g/mol. The first-order valence-electron chi connectivity index (χ1n) is 5.75. The summed E-state index contributed by atoms with van der Waals surface area (Å²) in [7, 11) is 1.60. The van der Waals surface area contributed by atoms with Crippen molar-refractivity contribution in [1.29, 1.82) is 0 Å². The predicted octanol–water partition coefficient (Wildman–Crippen LogP) is 2.54. The number of rotatable bonds is 3. The molecule has 1 N–H and O–H groups in total. The summed E-state index contributed by atoms with van der Waals surface area (Å²) in [6, 6.07) is 5.61. The summed E-state index contributed by atoms with van der Waals surface area (Å²) in [5.41, 5.74) is 1.27. The van der Waals surface area contributed by atoms with Crippen molar-refractivity contribution < 1.29 is 9.53 Å². The smallest absolute Gasteiger partial charge is 0.276 e. The maximum Gasteiger partial charge on any atom is 0.276 e. The number of methoxy groups -OCH3 is 1. The number of hydrogen-bond donors (Lipinski definition) is 1. The number of benzene rings is 1. The lowest BCUT2D eigenvalue weighted by Crippen LogP contribution is -2.30. The average Bonchev–Trinajstić information content (AvgIpc) is 2.64. The third-order valence-electron chi connectivity index (χ3n) is 2.77. The molecule has 2 rings (SSSR count). The van der Waals surface area contributed by atoms with E-state index in [-0.39, 0.29) is 5.91 Å². The second-order valence-electron chi connectivity index (χ2n) is 3.92. The lowest BCUT2D eigenvalue weighted by atomic mass is 10.1. The molecule has 1 fully saturated rings. The second-order valence-corrected chi connectivity index (χ2v) is 5.23. The number of likely N-dealkylation sites (N-methyl/N-ethyl adjacent to an activating group) is 1. The van der Waals surface area contributed by atoms with Crippen molar-refractivity contribution >= 4 is 45.2 Å². The lowest BCUT2D eigenvalue weighted by Gasteiger charge is -2.09. The Morgan fingerprint density at radius 1 is 1.53 bits per heavy atom. The molecule has 0 bridgehead atoms. The molecule has 19 heavy (non-hydrogen) atoms. The fourth-order valence-corrected chi connectivity index (χ4v) is 2.53. The van der Waals surface area contributed by atoms with Gasteiger partial charge in [-0.2, -0.15) is 0 Å². The van der Waals surface area contributed by atoms with Crippen LogP contribution in [-0.2, 0) is 4.79 Å². The Morgan fingerprint density at radius 3 is 2.84 bits per heavy atom. The zero-order chi connectivity index (χ0) is 14.0. The number of ether oxygens (including phenoxy) is 1. The van der Waals surface area contributed by atoms with Crippen LogP contribution < -0.4 is 10.1 Å². The van der Waals surface area contributed by atoms with E-state index in [0.29, 0.717) is 23.1 Å². The first kappa shape index (κ1) is 14.0. The van der Waals surface area contributed by atoms with Gasteiger partial charge in [0.05, 0.1) is 7.11 Å². The normalized spacial score (nSPS) is 17.0. The molecule has 1 saturated heterocycles. The summed E-state index contributed by atoms with van der Waals surface area (Å²) < 4.78 is 6.19. The van der Waals surface area contributed by atoms with Crippen LogP contribution in [0.5, 0.6) is 5.75 Å². The maximum absolute atomic E-state index is 12.1. The van der Waals surface area contributed by atoms with Gasteiger partial charge in [-0.25, -0.2) is 0 Å². The average molecular weight is 341 g/mol. The Bertz CT molecular complexity index is 572. The van der Waals surface area contributed by atoms with Crippen molar-refractivity contribution in [3.05, 3.63) is 33.9 Å². The van der Waals surface area contributed by atoms with Gasteiger partial charge in [0.1, 0.15) is 11.4 Å². The summed E-state index contributed by atoms with van der Waals surface area (Å²) in [4.78, 5) is 13.6. The van der Waals surface area contributed by atoms with Crippen LogP contribution in [0.25, 0.3) is 6.08 Å². The predicted molar refractivity (Wildman–Crippen MR) is 81.8 cm³/mol. The molecule has 0 saturated carbocycles. The fourth-order valence-electron chi connectivity index (χ4n) is 1.83. The van der Waals surface area contributed by atoms with Crippen LogP contribution in [-0.4, -0.2) is 29.6 Å². The van der Waals surface area contributed by atoms with E-state index in [1.54, 1.807) is 13.2 Å². The van der Waals surface area contributed by atoms with Crippen molar-refractivity contribution in [3.63, 3.8) is 0 Å². The first-order valence-corrected chi connectivity index (χ1v) is 6.95. The molecule has 0 radical (unpaired) electrons. The van der Waals surface area contributed by atoms with Gasteiger partial charge < -0.3 is 10.1 Å². The van der Waals surface area contributed by atoms with Gasteiger partial charge >= 0.3 is 0 Å². The third-order valence-corrected chi connectivity index (χ3v) is 3.59. The highest BCUT2D eigenvalue weighted by Crippen LogP contribution is 2.26. The zero-order valence-electron chi connectivity index (χ0n) is 10.6.